The van der Waals surface area contributed by atoms with E-state index in [0.29, 0.717) is 56.2 Å². The van der Waals surface area contributed by atoms with Crippen LogP contribution in [0.3, 0.4) is 0 Å². The van der Waals surface area contributed by atoms with Crippen LogP contribution in [0.15, 0.2) is 18.5 Å². The Morgan fingerprint density at radius 2 is 1.97 bits per heavy atom. The van der Waals surface area contributed by atoms with Crippen molar-refractivity contribution in [3.8, 4) is 0 Å². The lowest BCUT2D eigenvalue weighted by Gasteiger charge is -2.41. The van der Waals surface area contributed by atoms with Crippen LogP contribution < -0.4 is 10.2 Å². The Balaban J connectivity index is 1.46. The first-order valence-electron chi connectivity index (χ1n) is 13.0. The maximum absolute atomic E-state index is 12.8. The van der Waals surface area contributed by atoms with E-state index in [1.807, 2.05) is 16.8 Å². The molecule has 0 atom stereocenters. The van der Waals surface area contributed by atoms with Crippen molar-refractivity contribution in [1.82, 2.24) is 19.8 Å². The predicted molar refractivity (Wildman–Crippen MR) is 140 cm³/mol. The van der Waals surface area contributed by atoms with Gasteiger partial charge >= 0.3 is 12.3 Å². The van der Waals surface area contributed by atoms with E-state index in [9.17, 15) is 27.9 Å². The van der Waals surface area contributed by atoms with E-state index in [0.717, 1.165) is 22.8 Å². The van der Waals surface area contributed by atoms with Crippen LogP contribution in [-0.4, -0.2) is 78.2 Å². The Bertz CT molecular complexity index is 1160. The van der Waals surface area contributed by atoms with Crippen molar-refractivity contribution < 1.29 is 32.6 Å². The van der Waals surface area contributed by atoms with Crippen molar-refractivity contribution in [2.45, 2.75) is 70.3 Å². The summed E-state index contributed by atoms with van der Waals surface area (Å²) in [7, 11) is -1.20. The lowest BCUT2D eigenvalue weighted by Crippen LogP contribution is -2.50. The van der Waals surface area contributed by atoms with Crippen molar-refractivity contribution in [2.75, 3.05) is 31.3 Å². The van der Waals surface area contributed by atoms with Crippen LogP contribution in [0.5, 0.6) is 0 Å². The molecule has 1 aliphatic carbocycles. The van der Waals surface area contributed by atoms with Crippen molar-refractivity contribution in [3.05, 3.63) is 24.0 Å². The zero-order chi connectivity index (χ0) is 27.7. The van der Waals surface area contributed by atoms with Crippen molar-refractivity contribution in [3.63, 3.8) is 0 Å². The average molecular weight is 556 g/mol. The molecule has 0 unspecified atom stereocenters. The number of hydrogen-bond acceptors (Lipinski definition) is 5. The Labute approximate surface area is 220 Å². The molecule has 1 aliphatic heterocycles. The topological polar surface area (TPSA) is 99.9 Å². The van der Waals surface area contributed by atoms with Gasteiger partial charge in [0, 0.05) is 45.0 Å². The Kier molecular flexibility index (Phi) is 8.26. The lowest BCUT2D eigenvalue weighted by atomic mass is 9.84. The summed E-state index contributed by atoms with van der Waals surface area (Å²) in [4.78, 5) is 31.2. The van der Waals surface area contributed by atoms with Crippen molar-refractivity contribution in [2.24, 2.45) is 5.92 Å². The molecule has 210 valence electrons. The highest BCUT2D eigenvalue weighted by Gasteiger charge is 2.37. The minimum atomic E-state index is -4.57. The fourth-order valence-electron chi connectivity index (χ4n) is 5.27. The minimum Gasteiger partial charge on any atom is -0.465 e. The van der Waals surface area contributed by atoms with E-state index in [1.54, 1.807) is 6.20 Å². The summed E-state index contributed by atoms with van der Waals surface area (Å²) in [6.07, 6.45) is -0.0477. The second-order valence-corrected chi connectivity index (χ2v) is 17.1. The molecule has 0 saturated heterocycles. The molecule has 38 heavy (non-hydrogen) atoms. The van der Waals surface area contributed by atoms with Gasteiger partial charge in [-0.05, 0) is 43.7 Å². The van der Waals surface area contributed by atoms with Gasteiger partial charge in [-0.25, -0.2) is 9.78 Å². The van der Waals surface area contributed by atoms with Crippen LogP contribution in [0.1, 0.15) is 36.0 Å². The van der Waals surface area contributed by atoms with E-state index < -0.39 is 26.9 Å². The number of carboxylic acid groups (broad SMARTS) is 1. The van der Waals surface area contributed by atoms with Crippen LogP contribution in [0, 0.1) is 5.92 Å². The fraction of sp³-hybridized carbons (Fsp3) is 0.640. The summed E-state index contributed by atoms with van der Waals surface area (Å²) < 4.78 is 46.2. The lowest BCUT2D eigenvalue weighted by molar-refractivity contribution is -0.143. The summed E-state index contributed by atoms with van der Waals surface area (Å²) >= 11 is 0. The fourth-order valence-corrected chi connectivity index (χ4v) is 6.02. The molecule has 2 aliphatic rings. The molecule has 4 rings (SSSR count). The number of pyridine rings is 1. The largest absolute Gasteiger partial charge is 0.465 e. The van der Waals surface area contributed by atoms with Crippen LogP contribution in [0.2, 0.25) is 25.7 Å². The molecule has 0 radical (unpaired) electrons. The molecule has 1 fully saturated rings. The van der Waals surface area contributed by atoms with Gasteiger partial charge < -0.3 is 24.6 Å². The molecule has 2 aromatic rings. The zero-order valence-electron chi connectivity index (χ0n) is 22.1. The van der Waals surface area contributed by atoms with Gasteiger partial charge in [0.1, 0.15) is 18.9 Å². The standard InChI is InChI=1S/C25H36F3N5O4Si/c1-38(2,3)11-10-37-16-31-9-8-19-21-20(12-29-22(19)31)23(34)30-15-33(21)18-6-4-17(5-7-18)13-32(24(35)36)14-25(26,27)28/h8-9,12,17-18H,4-7,10-11,13-16H2,1-3H3,(H,30,34)(H,35,36)/t17-,18-. The number of ether oxygens (including phenoxy) is 1. The number of hydrogen-bond donors (Lipinski definition) is 2. The number of carbonyl (C=O) groups excluding carboxylic acids is 1. The Hall–Kier alpha value is -2.80. The molecule has 13 heteroatoms. The van der Waals surface area contributed by atoms with Crippen molar-refractivity contribution in [1.29, 1.82) is 0 Å². The number of fused-ring (bicyclic) bond motifs is 3. The maximum Gasteiger partial charge on any atom is 0.407 e. The monoisotopic (exact) mass is 555 g/mol. The summed E-state index contributed by atoms with van der Waals surface area (Å²) in [6.45, 7) is 6.68. The molecule has 0 aromatic carbocycles. The Morgan fingerprint density at radius 1 is 1.26 bits per heavy atom. The molecular formula is C25H36F3N5O4Si. The number of carbonyl (C=O) groups is 2. The summed E-state index contributed by atoms with van der Waals surface area (Å²) in [6, 6.07) is 3.07. The van der Waals surface area contributed by atoms with Gasteiger partial charge in [0.25, 0.3) is 5.91 Å². The van der Waals surface area contributed by atoms with Crippen LogP contribution in [0.25, 0.3) is 11.0 Å². The van der Waals surface area contributed by atoms with Crippen LogP contribution in [-0.2, 0) is 11.5 Å². The Morgan fingerprint density at radius 3 is 2.61 bits per heavy atom. The predicted octanol–water partition coefficient (Wildman–Crippen LogP) is 4.96. The number of nitrogens with one attached hydrogen (secondary N) is 1. The normalized spacial score (nSPS) is 20.4. The van der Waals surface area contributed by atoms with E-state index in [-0.39, 0.29) is 24.4 Å². The number of aromatic nitrogens is 2. The minimum absolute atomic E-state index is 0.0634. The third kappa shape index (κ3) is 6.79. The van der Waals surface area contributed by atoms with Gasteiger partial charge in [-0.1, -0.05) is 19.6 Å². The highest BCUT2D eigenvalue weighted by atomic mass is 28.3. The van der Waals surface area contributed by atoms with Gasteiger partial charge in [0.05, 0.1) is 17.9 Å². The number of halogens is 3. The van der Waals surface area contributed by atoms with Gasteiger partial charge in [-0.15, -0.1) is 0 Å². The molecule has 0 bridgehead atoms. The molecular weight excluding hydrogens is 519 g/mol. The van der Waals surface area contributed by atoms with E-state index >= 15 is 0 Å². The van der Waals surface area contributed by atoms with Gasteiger partial charge in [-0.3, -0.25) is 9.69 Å². The highest BCUT2D eigenvalue weighted by Crippen LogP contribution is 2.38. The molecule has 3 heterocycles. The number of rotatable bonds is 9. The maximum atomic E-state index is 12.8. The SMILES string of the molecule is C[Si](C)(C)CCOCn1ccc2c3c(cnc21)C(=O)NCN3[C@H]1CC[C@H](CN(CC(F)(F)F)C(=O)O)CC1. The summed E-state index contributed by atoms with van der Waals surface area (Å²) in [5.74, 6) is -0.335. The summed E-state index contributed by atoms with van der Waals surface area (Å²) in [5, 5.41) is 13.0. The molecule has 2 aromatic heterocycles. The first kappa shape index (κ1) is 28.2. The van der Waals surface area contributed by atoms with Gasteiger partial charge in [-0.2, -0.15) is 13.2 Å². The number of nitrogens with zero attached hydrogens (tertiary/aromatic N) is 4. The van der Waals surface area contributed by atoms with Gasteiger partial charge in [0.15, 0.2) is 0 Å². The third-order valence-corrected chi connectivity index (χ3v) is 9.01. The number of anilines is 1. The first-order valence-corrected chi connectivity index (χ1v) is 16.7. The molecule has 2 amide bonds. The number of amides is 2. The van der Waals surface area contributed by atoms with Gasteiger partial charge in [0.2, 0.25) is 0 Å². The molecule has 9 nitrogen and oxygen atoms in total. The average Bonchev–Trinajstić information content (AvgIpc) is 3.24. The number of alkyl halides is 3. The smallest absolute Gasteiger partial charge is 0.407 e. The third-order valence-electron chi connectivity index (χ3n) is 7.31. The quantitative estimate of drug-likeness (QED) is 0.335. The second-order valence-electron chi connectivity index (χ2n) is 11.5. The second kappa shape index (κ2) is 11.1. The summed E-state index contributed by atoms with van der Waals surface area (Å²) in [5.41, 5.74) is 2.03. The van der Waals surface area contributed by atoms with E-state index in [1.165, 1.54) is 0 Å². The van der Waals surface area contributed by atoms with E-state index in [2.05, 4.69) is 34.8 Å². The van der Waals surface area contributed by atoms with Crippen LogP contribution in [0.4, 0.5) is 23.7 Å². The first-order chi connectivity index (χ1) is 17.8. The molecule has 0 spiro atoms. The van der Waals surface area contributed by atoms with E-state index in [4.69, 9.17) is 4.74 Å². The molecule has 1 saturated carbocycles. The zero-order valence-corrected chi connectivity index (χ0v) is 23.1. The highest BCUT2D eigenvalue weighted by molar-refractivity contribution is 6.76. The molecule has 2 N–H and O–H groups in total. The van der Waals surface area contributed by atoms with Crippen molar-refractivity contribution >= 4 is 36.8 Å². The van der Waals surface area contributed by atoms with Crippen LogP contribution >= 0.6 is 0 Å².